The molecule has 1 atom stereocenters. The quantitative estimate of drug-likeness (QED) is 0.837. The Balaban J connectivity index is 2.85. The molecule has 16 heavy (non-hydrogen) atoms. The molecule has 0 aliphatic carbocycles. The van der Waals surface area contributed by atoms with Crippen LogP contribution >= 0.6 is 0 Å². The molecule has 1 unspecified atom stereocenters. The number of benzene rings is 1. The van der Waals surface area contributed by atoms with Crippen LogP contribution < -0.4 is 0 Å². The molecule has 0 saturated carbocycles. The molecule has 0 aliphatic heterocycles. The van der Waals surface area contributed by atoms with Crippen molar-refractivity contribution in [2.45, 2.75) is 19.8 Å². The van der Waals surface area contributed by atoms with Gasteiger partial charge in [0.25, 0.3) is 0 Å². The number of Topliss-reactive ketones (excluding diaryl/α,β-unsaturated/α-hetero) is 1. The minimum absolute atomic E-state index is 0.124. The van der Waals surface area contributed by atoms with Gasteiger partial charge in [-0.25, -0.2) is 8.78 Å². The van der Waals surface area contributed by atoms with Crippen molar-refractivity contribution in [3.05, 3.63) is 35.4 Å². The number of aliphatic hydroxyl groups is 1. The maximum atomic E-state index is 13.3. The standard InChI is InChI=1S/C12H14F2O2/c1-8(16)9(5-6-15)7-10-3-2-4-11(13)12(10)14/h2-4,9,15H,5-7H2,1H3. The summed E-state index contributed by atoms with van der Waals surface area (Å²) >= 11 is 0. The molecule has 0 aromatic heterocycles. The number of ketones is 1. The molecule has 88 valence electrons. The molecule has 0 fully saturated rings. The van der Waals surface area contributed by atoms with Crippen molar-refractivity contribution in [1.29, 1.82) is 0 Å². The molecule has 0 heterocycles. The van der Waals surface area contributed by atoms with Crippen molar-refractivity contribution in [3.8, 4) is 0 Å². The van der Waals surface area contributed by atoms with Gasteiger partial charge in [0.2, 0.25) is 0 Å². The van der Waals surface area contributed by atoms with E-state index in [0.717, 1.165) is 6.07 Å². The lowest BCUT2D eigenvalue weighted by Gasteiger charge is -2.12. The van der Waals surface area contributed by atoms with Gasteiger partial charge in [-0.15, -0.1) is 0 Å². The first kappa shape index (κ1) is 12.8. The monoisotopic (exact) mass is 228 g/mol. The van der Waals surface area contributed by atoms with Gasteiger partial charge in [0.05, 0.1) is 0 Å². The van der Waals surface area contributed by atoms with E-state index >= 15 is 0 Å². The van der Waals surface area contributed by atoms with Gasteiger partial charge in [-0.1, -0.05) is 12.1 Å². The number of carbonyl (C=O) groups excluding carboxylic acids is 1. The molecule has 1 aromatic rings. The average Bonchev–Trinajstić information content (AvgIpc) is 2.23. The Labute approximate surface area is 92.9 Å². The maximum Gasteiger partial charge on any atom is 0.162 e. The molecule has 1 aromatic carbocycles. The van der Waals surface area contributed by atoms with Gasteiger partial charge >= 0.3 is 0 Å². The van der Waals surface area contributed by atoms with E-state index in [4.69, 9.17) is 5.11 Å². The molecule has 1 N–H and O–H groups in total. The summed E-state index contributed by atoms with van der Waals surface area (Å²) in [5, 5.41) is 8.77. The number of aliphatic hydroxyl groups excluding tert-OH is 1. The van der Waals surface area contributed by atoms with Crippen molar-refractivity contribution in [2.24, 2.45) is 5.92 Å². The lowest BCUT2D eigenvalue weighted by atomic mass is 9.93. The molecule has 2 nitrogen and oxygen atoms in total. The minimum atomic E-state index is -0.913. The highest BCUT2D eigenvalue weighted by molar-refractivity contribution is 5.78. The Morgan fingerprint density at radius 2 is 2.12 bits per heavy atom. The van der Waals surface area contributed by atoms with Crippen LogP contribution in [-0.2, 0) is 11.2 Å². The van der Waals surface area contributed by atoms with Gasteiger partial charge in [-0.3, -0.25) is 4.79 Å². The van der Waals surface area contributed by atoms with E-state index in [-0.39, 0.29) is 30.8 Å². The van der Waals surface area contributed by atoms with Crippen LogP contribution in [0.15, 0.2) is 18.2 Å². The zero-order valence-electron chi connectivity index (χ0n) is 9.04. The van der Waals surface area contributed by atoms with E-state index in [2.05, 4.69) is 0 Å². The first-order valence-corrected chi connectivity index (χ1v) is 5.10. The molecule has 1 rings (SSSR count). The summed E-state index contributed by atoms with van der Waals surface area (Å²) in [5.74, 6) is -2.41. The summed E-state index contributed by atoms with van der Waals surface area (Å²) in [6.45, 7) is 1.25. The second-order valence-corrected chi connectivity index (χ2v) is 3.74. The predicted octanol–water partition coefficient (Wildman–Crippen LogP) is 2.09. The largest absolute Gasteiger partial charge is 0.396 e. The SMILES string of the molecule is CC(=O)C(CCO)Cc1cccc(F)c1F. The Morgan fingerprint density at radius 1 is 1.44 bits per heavy atom. The van der Waals surface area contributed by atoms with Crippen LogP contribution in [0.5, 0.6) is 0 Å². The fourth-order valence-corrected chi connectivity index (χ4v) is 1.58. The highest BCUT2D eigenvalue weighted by Gasteiger charge is 2.17. The molecule has 0 radical (unpaired) electrons. The van der Waals surface area contributed by atoms with Crippen LogP contribution in [0.1, 0.15) is 18.9 Å². The number of hydrogen-bond donors (Lipinski definition) is 1. The molecular formula is C12H14F2O2. The van der Waals surface area contributed by atoms with Gasteiger partial charge in [0.1, 0.15) is 5.78 Å². The van der Waals surface area contributed by atoms with Crippen LogP contribution in [0, 0.1) is 17.6 Å². The van der Waals surface area contributed by atoms with Crippen molar-refractivity contribution in [3.63, 3.8) is 0 Å². The second kappa shape index (κ2) is 5.70. The number of rotatable bonds is 5. The fourth-order valence-electron chi connectivity index (χ4n) is 1.58. The van der Waals surface area contributed by atoms with E-state index < -0.39 is 17.6 Å². The van der Waals surface area contributed by atoms with E-state index in [1.54, 1.807) is 0 Å². The lowest BCUT2D eigenvalue weighted by Crippen LogP contribution is -2.16. The van der Waals surface area contributed by atoms with Crippen molar-refractivity contribution in [2.75, 3.05) is 6.61 Å². The van der Waals surface area contributed by atoms with Gasteiger partial charge in [-0.2, -0.15) is 0 Å². The summed E-state index contributed by atoms with van der Waals surface area (Å²) in [4.78, 5) is 11.2. The van der Waals surface area contributed by atoms with E-state index in [1.807, 2.05) is 0 Å². The summed E-state index contributed by atoms with van der Waals surface area (Å²) in [6, 6.07) is 3.89. The lowest BCUT2D eigenvalue weighted by molar-refractivity contribution is -0.121. The fraction of sp³-hybridized carbons (Fsp3) is 0.417. The summed E-state index contributed by atoms with van der Waals surface area (Å²) in [7, 11) is 0. The van der Waals surface area contributed by atoms with Crippen LogP contribution in [0.3, 0.4) is 0 Å². The van der Waals surface area contributed by atoms with Crippen LogP contribution in [0.4, 0.5) is 8.78 Å². The molecular weight excluding hydrogens is 214 g/mol. The highest BCUT2D eigenvalue weighted by atomic mass is 19.2. The third-order valence-corrected chi connectivity index (χ3v) is 2.55. The maximum absolute atomic E-state index is 13.3. The van der Waals surface area contributed by atoms with Crippen molar-refractivity contribution < 1.29 is 18.7 Å². The van der Waals surface area contributed by atoms with Crippen LogP contribution in [-0.4, -0.2) is 17.5 Å². The topological polar surface area (TPSA) is 37.3 Å². The van der Waals surface area contributed by atoms with Crippen LogP contribution in [0.2, 0.25) is 0 Å². The summed E-state index contributed by atoms with van der Waals surface area (Å²) in [6.07, 6.45) is 0.394. The Hall–Kier alpha value is -1.29. The third kappa shape index (κ3) is 3.10. The minimum Gasteiger partial charge on any atom is -0.396 e. The predicted molar refractivity (Wildman–Crippen MR) is 55.9 cm³/mol. The van der Waals surface area contributed by atoms with E-state index in [1.165, 1.54) is 19.1 Å². The molecule has 0 spiro atoms. The zero-order chi connectivity index (χ0) is 12.1. The molecule has 0 saturated heterocycles. The van der Waals surface area contributed by atoms with Gasteiger partial charge in [-0.05, 0) is 31.4 Å². The van der Waals surface area contributed by atoms with Crippen molar-refractivity contribution in [1.82, 2.24) is 0 Å². The summed E-state index contributed by atoms with van der Waals surface area (Å²) < 4.78 is 26.2. The Bertz CT molecular complexity index is 377. The Kier molecular flexibility index (Phi) is 4.55. The number of carbonyl (C=O) groups is 1. The van der Waals surface area contributed by atoms with Gasteiger partial charge in [0, 0.05) is 12.5 Å². The third-order valence-electron chi connectivity index (χ3n) is 2.55. The first-order valence-electron chi connectivity index (χ1n) is 5.10. The van der Waals surface area contributed by atoms with Crippen molar-refractivity contribution >= 4 is 5.78 Å². The normalized spacial score (nSPS) is 12.5. The van der Waals surface area contributed by atoms with E-state index in [9.17, 15) is 13.6 Å². The smallest absolute Gasteiger partial charge is 0.162 e. The number of halogens is 2. The average molecular weight is 228 g/mol. The molecule has 0 amide bonds. The second-order valence-electron chi connectivity index (χ2n) is 3.74. The summed E-state index contributed by atoms with van der Waals surface area (Å²) in [5.41, 5.74) is 0.175. The molecule has 0 aliphatic rings. The van der Waals surface area contributed by atoms with E-state index in [0.29, 0.717) is 0 Å². The van der Waals surface area contributed by atoms with Crippen LogP contribution in [0.25, 0.3) is 0 Å². The van der Waals surface area contributed by atoms with Gasteiger partial charge in [0.15, 0.2) is 11.6 Å². The highest BCUT2D eigenvalue weighted by Crippen LogP contribution is 2.18. The first-order chi connectivity index (χ1) is 7.56. The van der Waals surface area contributed by atoms with Gasteiger partial charge < -0.3 is 5.11 Å². The molecule has 0 bridgehead atoms. The zero-order valence-corrected chi connectivity index (χ0v) is 9.04. The molecule has 4 heteroatoms. The Morgan fingerprint density at radius 3 is 2.69 bits per heavy atom. The number of hydrogen-bond acceptors (Lipinski definition) is 2.